The lowest BCUT2D eigenvalue weighted by atomic mass is 10.0. The van der Waals surface area contributed by atoms with E-state index in [1.54, 1.807) is 6.92 Å². The number of benzene rings is 1. The molecule has 1 aromatic heterocycles. The highest BCUT2D eigenvalue weighted by Crippen LogP contribution is 2.20. The summed E-state index contributed by atoms with van der Waals surface area (Å²) in [5.41, 5.74) is 0.836. The van der Waals surface area contributed by atoms with Gasteiger partial charge in [0.05, 0.1) is 34.5 Å². The average Bonchev–Trinajstić information content (AvgIpc) is 2.91. The van der Waals surface area contributed by atoms with Crippen LogP contribution in [0, 0.1) is 17.0 Å². The van der Waals surface area contributed by atoms with E-state index in [9.17, 15) is 25.1 Å². The van der Waals surface area contributed by atoms with Crippen LogP contribution < -0.4 is 5.32 Å². The molecule has 9 nitrogen and oxygen atoms in total. The number of nitro benzene ring substituents is 1. The second-order valence-corrected chi connectivity index (χ2v) is 5.79. The number of hydrogen-bond acceptors (Lipinski definition) is 6. The molecule has 10 heteroatoms. The number of nitrogens with zero attached hydrogens (tertiary/aromatic N) is 3. The van der Waals surface area contributed by atoms with Gasteiger partial charge in [-0.05, 0) is 24.6 Å². The van der Waals surface area contributed by atoms with E-state index in [0.29, 0.717) is 16.3 Å². The molecule has 25 heavy (non-hydrogen) atoms. The Kier molecular flexibility index (Phi) is 6.07. The van der Waals surface area contributed by atoms with E-state index in [1.807, 2.05) is 0 Å². The van der Waals surface area contributed by atoms with Crippen LogP contribution in [0.4, 0.5) is 5.69 Å². The number of aliphatic hydroxyl groups excluding tert-OH is 2. The number of amides is 1. The molecule has 1 aromatic carbocycles. The number of aromatic nitrogens is 2. The number of carbonyl (C=O) groups is 1. The van der Waals surface area contributed by atoms with E-state index < -0.39 is 29.6 Å². The molecule has 0 saturated heterocycles. The summed E-state index contributed by atoms with van der Waals surface area (Å²) in [6.07, 6.45) is 0.191. The predicted octanol–water partition coefficient (Wildman–Crippen LogP) is 0.964. The minimum absolute atomic E-state index is 0.119. The van der Waals surface area contributed by atoms with Crippen molar-refractivity contribution >= 4 is 23.2 Å². The molecule has 3 N–H and O–H groups in total. The first-order valence-electron chi connectivity index (χ1n) is 7.34. The largest absolute Gasteiger partial charge is 0.394 e. The van der Waals surface area contributed by atoms with Gasteiger partial charge < -0.3 is 15.5 Å². The summed E-state index contributed by atoms with van der Waals surface area (Å²) in [6, 6.07) is 4.25. The van der Waals surface area contributed by atoms with Crippen molar-refractivity contribution < 1.29 is 19.9 Å². The van der Waals surface area contributed by atoms with Gasteiger partial charge in [-0.3, -0.25) is 19.6 Å². The molecule has 134 valence electrons. The zero-order valence-electron chi connectivity index (χ0n) is 13.3. The number of halogens is 1. The fraction of sp³-hybridized carbons (Fsp3) is 0.333. The molecule has 0 spiro atoms. The van der Waals surface area contributed by atoms with Gasteiger partial charge in [-0.2, -0.15) is 5.10 Å². The smallest absolute Gasteiger partial charge is 0.269 e. The van der Waals surface area contributed by atoms with Gasteiger partial charge in [-0.25, -0.2) is 0 Å². The lowest BCUT2D eigenvalue weighted by Gasteiger charge is -2.22. The van der Waals surface area contributed by atoms with E-state index in [2.05, 4.69) is 10.4 Å². The molecule has 0 aliphatic carbocycles. The summed E-state index contributed by atoms with van der Waals surface area (Å²) in [6.45, 7) is 1.07. The molecule has 0 aliphatic rings. The molecule has 2 atom stereocenters. The number of rotatable bonds is 7. The summed E-state index contributed by atoms with van der Waals surface area (Å²) >= 11 is 5.87. The second-order valence-electron chi connectivity index (χ2n) is 5.39. The van der Waals surface area contributed by atoms with Crippen molar-refractivity contribution in [1.29, 1.82) is 0 Å². The zero-order chi connectivity index (χ0) is 18.6. The van der Waals surface area contributed by atoms with Crippen molar-refractivity contribution in [3.8, 4) is 0 Å². The van der Waals surface area contributed by atoms with E-state index in [0.717, 1.165) is 0 Å². The van der Waals surface area contributed by atoms with Gasteiger partial charge in [0.2, 0.25) is 5.91 Å². The Morgan fingerprint density at radius 3 is 2.56 bits per heavy atom. The SMILES string of the molecule is Cc1c(Cl)cnn1CC(=O)NC(CO)C(O)c1ccc([N+](=O)[O-])cc1. The summed E-state index contributed by atoms with van der Waals surface area (Å²) < 4.78 is 1.39. The van der Waals surface area contributed by atoms with Crippen LogP contribution in [-0.2, 0) is 11.3 Å². The van der Waals surface area contributed by atoms with Crippen LogP contribution in [-0.4, -0.2) is 43.5 Å². The van der Waals surface area contributed by atoms with Gasteiger partial charge in [0.25, 0.3) is 5.69 Å². The molecule has 1 heterocycles. The van der Waals surface area contributed by atoms with Crippen molar-refractivity contribution in [3.63, 3.8) is 0 Å². The van der Waals surface area contributed by atoms with Gasteiger partial charge >= 0.3 is 0 Å². The highest BCUT2D eigenvalue weighted by molar-refractivity contribution is 6.31. The third-order valence-corrected chi connectivity index (χ3v) is 4.08. The fourth-order valence-electron chi connectivity index (χ4n) is 2.22. The third kappa shape index (κ3) is 4.53. The van der Waals surface area contributed by atoms with Crippen LogP contribution in [0.15, 0.2) is 30.5 Å². The van der Waals surface area contributed by atoms with Crippen molar-refractivity contribution in [3.05, 3.63) is 56.9 Å². The maximum atomic E-state index is 12.1. The Balaban J connectivity index is 2.04. The summed E-state index contributed by atoms with van der Waals surface area (Å²) in [5.74, 6) is -0.470. The van der Waals surface area contributed by atoms with E-state index in [-0.39, 0.29) is 12.2 Å². The van der Waals surface area contributed by atoms with Gasteiger partial charge in [-0.15, -0.1) is 0 Å². The van der Waals surface area contributed by atoms with Crippen LogP contribution in [0.2, 0.25) is 5.02 Å². The number of nitro groups is 1. The van der Waals surface area contributed by atoms with Crippen LogP contribution in [0.1, 0.15) is 17.4 Å². The van der Waals surface area contributed by atoms with E-state index in [1.165, 1.54) is 35.1 Å². The molecule has 0 radical (unpaired) electrons. The first-order chi connectivity index (χ1) is 11.8. The number of aliphatic hydroxyl groups is 2. The van der Waals surface area contributed by atoms with Crippen molar-refractivity contribution in [2.24, 2.45) is 0 Å². The molecule has 0 aliphatic heterocycles. The average molecular weight is 369 g/mol. The third-order valence-electron chi connectivity index (χ3n) is 3.71. The van der Waals surface area contributed by atoms with Gasteiger partial charge in [0.15, 0.2) is 0 Å². The number of hydrogen-bond donors (Lipinski definition) is 3. The van der Waals surface area contributed by atoms with Crippen molar-refractivity contribution in [2.75, 3.05) is 6.61 Å². The first kappa shape index (κ1) is 18.8. The molecule has 0 fully saturated rings. The molecule has 2 unspecified atom stereocenters. The molecule has 2 rings (SSSR count). The first-order valence-corrected chi connectivity index (χ1v) is 7.71. The Bertz CT molecular complexity index is 762. The number of non-ortho nitro benzene ring substituents is 1. The highest BCUT2D eigenvalue weighted by Gasteiger charge is 2.23. The molecular formula is C15H17ClN4O5. The van der Waals surface area contributed by atoms with Crippen LogP contribution in [0.25, 0.3) is 0 Å². The van der Waals surface area contributed by atoms with Crippen LogP contribution >= 0.6 is 11.6 Å². The molecule has 1 amide bonds. The molecule has 2 aromatic rings. The maximum absolute atomic E-state index is 12.1. The predicted molar refractivity (Wildman–Crippen MR) is 89.0 cm³/mol. The summed E-state index contributed by atoms with van der Waals surface area (Å²) in [5, 5.41) is 37.3. The Morgan fingerprint density at radius 1 is 1.44 bits per heavy atom. The Hall–Kier alpha value is -2.49. The Labute approximate surface area is 148 Å². The molecule has 0 saturated carbocycles. The van der Waals surface area contributed by atoms with Crippen LogP contribution in [0.5, 0.6) is 0 Å². The minimum Gasteiger partial charge on any atom is -0.394 e. The van der Waals surface area contributed by atoms with Crippen molar-refractivity contribution in [2.45, 2.75) is 25.6 Å². The van der Waals surface area contributed by atoms with Gasteiger partial charge in [0.1, 0.15) is 12.6 Å². The number of carbonyl (C=O) groups excluding carboxylic acids is 1. The summed E-state index contributed by atoms with van der Waals surface area (Å²) in [7, 11) is 0. The van der Waals surface area contributed by atoms with E-state index >= 15 is 0 Å². The number of nitrogens with one attached hydrogen (secondary N) is 1. The maximum Gasteiger partial charge on any atom is 0.269 e. The molecule has 0 bridgehead atoms. The molecular weight excluding hydrogens is 352 g/mol. The van der Waals surface area contributed by atoms with Crippen LogP contribution in [0.3, 0.4) is 0 Å². The van der Waals surface area contributed by atoms with Crippen molar-refractivity contribution in [1.82, 2.24) is 15.1 Å². The summed E-state index contributed by atoms with van der Waals surface area (Å²) in [4.78, 5) is 22.2. The zero-order valence-corrected chi connectivity index (χ0v) is 14.1. The van der Waals surface area contributed by atoms with Gasteiger partial charge in [-0.1, -0.05) is 11.6 Å². The van der Waals surface area contributed by atoms with Gasteiger partial charge in [0, 0.05) is 12.1 Å². The monoisotopic (exact) mass is 368 g/mol. The Morgan fingerprint density at radius 2 is 2.08 bits per heavy atom. The minimum atomic E-state index is -1.22. The standard InChI is InChI=1S/C15H17ClN4O5/c1-9-12(16)6-17-19(9)7-14(22)18-13(8-21)15(23)10-2-4-11(5-3-10)20(24)25/h2-6,13,15,21,23H,7-8H2,1H3,(H,18,22). The quantitative estimate of drug-likeness (QED) is 0.493. The topological polar surface area (TPSA) is 131 Å². The normalized spacial score (nSPS) is 13.3. The lowest BCUT2D eigenvalue weighted by Crippen LogP contribution is -2.43. The second kappa shape index (κ2) is 8.06. The van der Waals surface area contributed by atoms with E-state index in [4.69, 9.17) is 11.6 Å². The highest BCUT2D eigenvalue weighted by atomic mass is 35.5. The lowest BCUT2D eigenvalue weighted by molar-refractivity contribution is -0.384. The fourth-order valence-corrected chi connectivity index (χ4v) is 2.36.